The van der Waals surface area contributed by atoms with Crippen LogP contribution < -0.4 is 0 Å². The van der Waals surface area contributed by atoms with E-state index in [1.54, 1.807) is 12.3 Å². The Bertz CT molecular complexity index is 439. The van der Waals surface area contributed by atoms with Crippen LogP contribution in [0.25, 0.3) is 0 Å². The van der Waals surface area contributed by atoms with Gasteiger partial charge < -0.3 is 9.64 Å². The first-order valence-corrected chi connectivity index (χ1v) is 7.15. The third kappa shape index (κ3) is 3.09. The number of ether oxygens (including phenoxy) is 1. The van der Waals surface area contributed by atoms with Gasteiger partial charge in [-0.05, 0) is 26.0 Å². The zero-order chi connectivity index (χ0) is 13.1. The Morgan fingerprint density at radius 2 is 2.39 bits per heavy atom. The molecule has 0 aromatic carbocycles. The average molecular weight is 313 g/mol. The molecule has 2 rings (SSSR count). The number of aromatic nitrogens is 1. The number of amides is 1. The first-order valence-electron chi connectivity index (χ1n) is 6.03. The second kappa shape index (κ2) is 5.80. The molecule has 4 nitrogen and oxygen atoms in total. The average Bonchev–Trinajstić information content (AvgIpc) is 2.37. The van der Waals surface area contributed by atoms with Gasteiger partial charge in [0.2, 0.25) is 0 Å². The van der Waals surface area contributed by atoms with Crippen LogP contribution in [0.3, 0.4) is 0 Å². The number of pyridine rings is 1. The van der Waals surface area contributed by atoms with Crippen molar-refractivity contribution in [3.8, 4) is 0 Å². The molecule has 18 heavy (non-hydrogen) atoms. The summed E-state index contributed by atoms with van der Waals surface area (Å²) in [6.07, 6.45) is 1.82. The number of rotatable bonds is 2. The fourth-order valence-corrected chi connectivity index (χ4v) is 2.51. The van der Waals surface area contributed by atoms with Gasteiger partial charge in [-0.15, -0.1) is 0 Å². The molecule has 0 radical (unpaired) electrons. The molecule has 1 aromatic rings. The molecule has 1 amide bonds. The number of nitrogens with zero attached hydrogens (tertiary/aromatic N) is 2. The maximum Gasteiger partial charge on any atom is 0.254 e. The van der Waals surface area contributed by atoms with E-state index in [2.05, 4.69) is 20.9 Å². The van der Waals surface area contributed by atoms with E-state index in [9.17, 15) is 4.79 Å². The van der Waals surface area contributed by atoms with Crippen LogP contribution in [0, 0.1) is 6.92 Å². The van der Waals surface area contributed by atoms with Crippen LogP contribution in [-0.4, -0.2) is 46.4 Å². The molecule has 0 spiro atoms. The molecule has 2 unspecified atom stereocenters. The number of hydrogen-bond acceptors (Lipinski definition) is 3. The lowest BCUT2D eigenvalue weighted by atomic mass is 10.1. The molecule has 0 saturated carbocycles. The molecule has 2 heterocycles. The Hall–Kier alpha value is -0.940. The van der Waals surface area contributed by atoms with Gasteiger partial charge in [0.25, 0.3) is 5.91 Å². The molecule has 2 atom stereocenters. The molecule has 0 bridgehead atoms. The Balaban J connectivity index is 2.13. The number of halogens is 1. The normalized spacial score (nSPS) is 24.1. The summed E-state index contributed by atoms with van der Waals surface area (Å²) in [4.78, 5) is 18.4. The van der Waals surface area contributed by atoms with Gasteiger partial charge in [0, 0.05) is 35.9 Å². The molecular formula is C13H17BrN2O2. The van der Waals surface area contributed by atoms with Crippen molar-refractivity contribution in [1.82, 2.24) is 9.88 Å². The van der Waals surface area contributed by atoms with E-state index in [-0.39, 0.29) is 18.1 Å². The van der Waals surface area contributed by atoms with Gasteiger partial charge in [-0.25, -0.2) is 0 Å². The molecule has 1 aromatic heterocycles. The van der Waals surface area contributed by atoms with Crippen molar-refractivity contribution in [2.24, 2.45) is 0 Å². The van der Waals surface area contributed by atoms with Crippen LogP contribution in [0.2, 0.25) is 0 Å². The van der Waals surface area contributed by atoms with Crippen LogP contribution in [0.5, 0.6) is 0 Å². The molecule has 1 aliphatic heterocycles. The summed E-state index contributed by atoms with van der Waals surface area (Å²) in [6.45, 7) is 5.16. The van der Waals surface area contributed by atoms with E-state index in [1.165, 1.54) is 0 Å². The summed E-state index contributed by atoms with van der Waals surface area (Å²) in [7, 11) is 0. The molecule has 98 valence electrons. The molecule has 0 N–H and O–H groups in total. The first-order chi connectivity index (χ1) is 8.60. The van der Waals surface area contributed by atoms with Gasteiger partial charge in [0.1, 0.15) is 0 Å². The zero-order valence-corrected chi connectivity index (χ0v) is 12.2. The third-order valence-corrected chi connectivity index (χ3v) is 3.65. The fourth-order valence-electron chi connectivity index (χ4n) is 2.16. The number of carbonyl (C=O) groups excluding carboxylic acids is 1. The van der Waals surface area contributed by atoms with Crippen LogP contribution in [0.1, 0.15) is 23.0 Å². The van der Waals surface area contributed by atoms with Gasteiger partial charge in [-0.2, -0.15) is 0 Å². The minimum absolute atomic E-state index is 0.0570. The van der Waals surface area contributed by atoms with E-state index in [0.29, 0.717) is 18.7 Å². The van der Waals surface area contributed by atoms with Crippen molar-refractivity contribution in [3.63, 3.8) is 0 Å². The Morgan fingerprint density at radius 1 is 1.61 bits per heavy atom. The second-order valence-corrected chi connectivity index (χ2v) is 5.27. The smallest absolute Gasteiger partial charge is 0.254 e. The lowest BCUT2D eigenvalue weighted by Gasteiger charge is -2.36. The largest absolute Gasteiger partial charge is 0.371 e. The molecule has 0 aliphatic carbocycles. The number of hydrogen-bond donors (Lipinski definition) is 0. The summed E-state index contributed by atoms with van der Waals surface area (Å²) < 4.78 is 5.72. The van der Waals surface area contributed by atoms with Crippen molar-refractivity contribution >= 4 is 21.8 Å². The quantitative estimate of drug-likeness (QED) is 0.785. The summed E-state index contributed by atoms with van der Waals surface area (Å²) >= 11 is 3.41. The third-order valence-electron chi connectivity index (χ3n) is 2.93. The molecule has 1 saturated heterocycles. The summed E-state index contributed by atoms with van der Waals surface area (Å²) in [5, 5.41) is 0.747. The van der Waals surface area contributed by atoms with E-state index in [4.69, 9.17) is 4.74 Å². The van der Waals surface area contributed by atoms with E-state index < -0.39 is 0 Å². The lowest BCUT2D eigenvalue weighted by Crippen LogP contribution is -2.49. The molecule has 1 aliphatic rings. The van der Waals surface area contributed by atoms with Crippen LogP contribution >= 0.6 is 15.9 Å². The molecule has 5 heteroatoms. The molecular weight excluding hydrogens is 296 g/mol. The Kier molecular flexibility index (Phi) is 4.35. The first kappa shape index (κ1) is 13.5. The number of aryl methyl sites for hydroxylation is 1. The number of alkyl halides is 1. The van der Waals surface area contributed by atoms with Gasteiger partial charge in [0.15, 0.2) is 0 Å². The van der Waals surface area contributed by atoms with Gasteiger partial charge in [-0.3, -0.25) is 9.78 Å². The van der Waals surface area contributed by atoms with Crippen molar-refractivity contribution < 1.29 is 9.53 Å². The minimum atomic E-state index is 0.0570. The van der Waals surface area contributed by atoms with Crippen molar-refractivity contribution in [1.29, 1.82) is 0 Å². The molecule has 1 fully saturated rings. The van der Waals surface area contributed by atoms with Crippen LogP contribution in [0.4, 0.5) is 0 Å². The van der Waals surface area contributed by atoms with Crippen molar-refractivity contribution in [3.05, 3.63) is 29.6 Å². The Labute approximate surface area is 115 Å². The van der Waals surface area contributed by atoms with Crippen LogP contribution in [-0.2, 0) is 4.74 Å². The summed E-state index contributed by atoms with van der Waals surface area (Å²) in [6, 6.07) is 3.59. The lowest BCUT2D eigenvalue weighted by molar-refractivity contribution is -0.0559. The monoisotopic (exact) mass is 312 g/mol. The SMILES string of the molecule is Cc1cc(C(=O)N2CC(C)OC(CBr)C2)ccn1. The summed E-state index contributed by atoms with van der Waals surface area (Å²) in [5.41, 5.74) is 1.56. The highest BCUT2D eigenvalue weighted by atomic mass is 79.9. The fraction of sp³-hybridized carbons (Fsp3) is 0.538. The maximum atomic E-state index is 12.4. The van der Waals surface area contributed by atoms with E-state index in [0.717, 1.165) is 11.0 Å². The standard InChI is InChI=1S/C13H17BrN2O2/c1-9-5-11(3-4-15-9)13(17)16-7-10(2)18-12(6-14)8-16/h3-5,10,12H,6-8H2,1-2H3. The number of morpholine rings is 1. The number of carbonyl (C=O) groups is 1. The summed E-state index contributed by atoms with van der Waals surface area (Å²) in [5.74, 6) is 0.0570. The predicted octanol–water partition coefficient (Wildman–Crippen LogP) is 2.01. The van der Waals surface area contributed by atoms with Crippen LogP contribution in [0.15, 0.2) is 18.3 Å². The second-order valence-electron chi connectivity index (χ2n) is 4.62. The minimum Gasteiger partial charge on any atom is -0.371 e. The van der Waals surface area contributed by atoms with Gasteiger partial charge in [-0.1, -0.05) is 15.9 Å². The van der Waals surface area contributed by atoms with Gasteiger partial charge in [0.05, 0.1) is 12.2 Å². The predicted molar refractivity (Wildman–Crippen MR) is 73.0 cm³/mol. The van der Waals surface area contributed by atoms with E-state index >= 15 is 0 Å². The van der Waals surface area contributed by atoms with Gasteiger partial charge >= 0.3 is 0 Å². The highest BCUT2D eigenvalue weighted by Gasteiger charge is 2.28. The van der Waals surface area contributed by atoms with Crippen molar-refractivity contribution in [2.45, 2.75) is 26.1 Å². The topological polar surface area (TPSA) is 42.4 Å². The van der Waals surface area contributed by atoms with E-state index in [1.807, 2.05) is 24.8 Å². The highest BCUT2D eigenvalue weighted by molar-refractivity contribution is 9.09. The maximum absolute atomic E-state index is 12.4. The van der Waals surface area contributed by atoms with Crippen molar-refractivity contribution in [2.75, 3.05) is 18.4 Å². The zero-order valence-electron chi connectivity index (χ0n) is 10.6. The highest BCUT2D eigenvalue weighted by Crippen LogP contribution is 2.16. The Morgan fingerprint density at radius 3 is 3.06 bits per heavy atom.